The zero-order valence-electron chi connectivity index (χ0n) is 15.1. The number of ether oxygens (including phenoxy) is 2. The standard InChI is InChI=1S/C19H31N3O2/c1-3-21(4-2)11-12-22-13-14-23-18-6-5-17(22)19(18)24-15-16-7-9-20-10-8-16/h7-10,17-19H,3-6,11-15H2,1-2H3/t17-,18-,19+/m0/s1. The molecule has 1 aromatic rings. The van der Waals surface area contributed by atoms with Crippen LogP contribution in [0.1, 0.15) is 32.3 Å². The molecule has 5 heteroatoms. The lowest BCUT2D eigenvalue weighted by Gasteiger charge is -2.32. The van der Waals surface area contributed by atoms with Crippen LogP contribution >= 0.6 is 0 Å². The summed E-state index contributed by atoms with van der Waals surface area (Å²) in [5, 5.41) is 0. The molecular weight excluding hydrogens is 302 g/mol. The molecule has 0 amide bonds. The van der Waals surface area contributed by atoms with Gasteiger partial charge in [0, 0.05) is 38.1 Å². The van der Waals surface area contributed by atoms with Gasteiger partial charge in [0.15, 0.2) is 0 Å². The highest BCUT2D eigenvalue weighted by molar-refractivity contribution is 5.08. The normalized spacial score (nSPS) is 27.5. The Morgan fingerprint density at radius 1 is 1.25 bits per heavy atom. The fourth-order valence-corrected chi connectivity index (χ4v) is 3.94. The van der Waals surface area contributed by atoms with Crippen LogP contribution in [-0.2, 0) is 16.1 Å². The lowest BCUT2D eigenvalue weighted by atomic mass is 10.1. The molecule has 1 saturated carbocycles. The summed E-state index contributed by atoms with van der Waals surface area (Å²) >= 11 is 0. The molecule has 0 unspecified atom stereocenters. The average Bonchev–Trinajstić information content (AvgIpc) is 2.93. The Morgan fingerprint density at radius 2 is 2.04 bits per heavy atom. The summed E-state index contributed by atoms with van der Waals surface area (Å²) in [4.78, 5) is 9.16. The van der Waals surface area contributed by atoms with E-state index in [1.165, 1.54) is 12.0 Å². The van der Waals surface area contributed by atoms with E-state index in [-0.39, 0.29) is 12.2 Å². The van der Waals surface area contributed by atoms with Gasteiger partial charge in [-0.2, -0.15) is 0 Å². The van der Waals surface area contributed by atoms with Gasteiger partial charge in [-0.25, -0.2) is 0 Å². The summed E-state index contributed by atoms with van der Waals surface area (Å²) in [5.74, 6) is 0. The Bertz CT molecular complexity index is 481. The molecule has 0 radical (unpaired) electrons. The van der Waals surface area contributed by atoms with E-state index >= 15 is 0 Å². The molecule has 2 bridgehead atoms. The van der Waals surface area contributed by atoms with Crippen molar-refractivity contribution in [3.05, 3.63) is 30.1 Å². The maximum absolute atomic E-state index is 6.32. The monoisotopic (exact) mass is 333 g/mol. The highest BCUT2D eigenvalue weighted by Crippen LogP contribution is 2.32. The number of hydrogen-bond acceptors (Lipinski definition) is 5. The third-order valence-electron chi connectivity index (χ3n) is 5.46. The Balaban J connectivity index is 1.59. The van der Waals surface area contributed by atoms with E-state index in [1.54, 1.807) is 0 Å². The zero-order chi connectivity index (χ0) is 16.8. The molecule has 0 N–H and O–H groups in total. The third-order valence-corrected chi connectivity index (χ3v) is 5.46. The first-order valence-corrected chi connectivity index (χ1v) is 9.40. The highest BCUT2D eigenvalue weighted by atomic mass is 16.5. The van der Waals surface area contributed by atoms with Crippen molar-refractivity contribution in [2.75, 3.05) is 39.3 Å². The Labute approximate surface area is 145 Å². The van der Waals surface area contributed by atoms with E-state index < -0.39 is 0 Å². The second kappa shape index (κ2) is 8.90. The molecule has 1 aliphatic heterocycles. The van der Waals surface area contributed by atoms with Crippen LogP contribution in [0.3, 0.4) is 0 Å². The molecule has 1 aromatic heterocycles. The minimum Gasteiger partial charge on any atom is -0.374 e. The molecule has 1 saturated heterocycles. The second-order valence-electron chi connectivity index (χ2n) is 6.75. The van der Waals surface area contributed by atoms with Gasteiger partial charge in [0.05, 0.1) is 25.4 Å². The van der Waals surface area contributed by atoms with Gasteiger partial charge in [0.25, 0.3) is 0 Å². The van der Waals surface area contributed by atoms with E-state index in [4.69, 9.17) is 9.47 Å². The fraction of sp³-hybridized carbons (Fsp3) is 0.737. The van der Waals surface area contributed by atoms with Crippen molar-refractivity contribution < 1.29 is 9.47 Å². The lowest BCUT2D eigenvalue weighted by Crippen LogP contribution is -2.46. The lowest BCUT2D eigenvalue weighted by molar-refractivity contribution is -0.0612. The maximum atomic E-state index is 6.32. The molecule has 2 fully saturated rings. The maximum Gasteiger partial charge on any atom is 0.0995 e. The smallest absolute Gasteiger partial charge is 0.0995 e. The van der Waals surface area contributed by atoms with Gasteiger partial charge in [-0.15, -0.1) is 0 Å². The van der Waals surface area contributed by atoms with E-state index in [0.717, 1.165) is 45.8 Å². The predicted molar refractivity (Wildman–Crippen MR) is 94.9 cm³/mol. The Hall–Kier alpha value is -1.01. The average molecular weight is 333 g/mol. The van der Waals surface area contributed by atoms with Crippen LogP contribution in [0.2, 0.25) is 0 Å². The van der Waals surface area contributed by atoms with Crippen molar-refractivity contribution >= 4 is 0 Å². The van der Waals surface area contributed by atoms with Gasteiger partial charge >= 0.3 is 0 Å². The summed E-state index contributed by atoms with van der Waals surface area (Å²) in [6.45, 7) is 11.5. The summed E-state index contributed by atoms with van der Waals surface area (Å²) in [6.07, 6.45) is 6.41. The van der Waals surface area contributed by atoms with Crippen LogP contribution < -0.4 is 0 Å². The first-order valence-electron chi connectivity index (χ1n) is 9.40. The van der Waals surface area contributed by atoms with Crippen molar-refractivity contribution in [2.24, 2.45) is 0 Å². The van der Waals surface area contributed by atoms with Crippen molar-refractivity contribution in [3.8, 4) is 0 Å². The molecule has 24 heavy (non-hydrogen) atoms. The minimum absolute atomic E-state index is 0.192. The molecule has 5 nitrogen and oxygen atoms in total. The van der Waals surface area contributed by atoms with E-state index in [2.05, 4.69) is 28.6 Å². The van der Waals surface area contributed by atoms with E-state index in [1.807, 2.05) is 24.5 Å². The summed E-state index contributed by atoms with van der Waals surface area (Å²) in [7, 11) is 0. The molecule has 3 rings (SSSR count). The molecule has 0 spiro atoms. The molecule has 134 valence electrons. The quantitative estimate of drug-likeness (QED) is 0.729. The summed E-state index contributed by atoms with van der Waals surface area (Å²) in [6, 6.07) is 4.55. The topological polar surface area (TPSA) is 37.8 Å². The summed E-state index contributed by atoms with van der Waals surface area (Å²) in [5.41, 5.74) is 1.18. The number of rotatable bonds is 8. The molecule has 1 aliphatic carbocycles. The van der Waals surface area contributed by atoms with Gasteiger partial charge in [0.1, 0.15) is 0 Å². The highest BCUT2D eigenvalue weighted by Gasteiger charge is 2.42. The van der Waals surface area contributed by atoms with Gasteiger partial charge in [-0.05, 0) is 43.6 Å². The first-order chi connectivity index (χ1) is 11.8. The fourth-order valence-electron chi connectivity index (χ4n) is 3.94. The van der Waals surface area contributed by atoms with Gasteiger partial charge in [-0.1, -0.05) is 13.8 Å². The minimum atomic E-state index is 0.192. The third kappa shape index (κ3) is 4.33. The number of aromatic nitrogens is 1. The van der Waals surface area contributed by atoms with Crippen LogP contribution in [0.5, 0.6) is 0 Å². The number of pyridine rings is 1. The van der Waals surface area contributed by atoms with Crippen molar-refractivity contribution in [3.63, 3.8) is 0 Å². The Kier molecular flexibility index (Phi) is 6.60. The number of likely N-dealkylation sites (N-methyl/N-ethyl adjacent to an activating group) is 1. The van der Waals surface area contributed by atoms with Crippen LogP contribution in [0, 0.1) is 0 Å². The molecular formula is C19H31N3O2. The van der Waals surface area contributed by atoms with Crippen molar-refractivity contribution in [1.82, 2.24) is 14.8 Å². The van der Waals surface area contributed by atoms with Crippen LogP contribution in [-0.4, -0.2) is 72.4 Å². The summed E-state index contributed by atoms with van der Waals surface area (Å²) < 4.78 is 12.4. The number of hydrogen-bond donors (Lipinski definition) is 0. The first kappa shape index (κ1) is 17.8. The van der Waals surface area contributed by atoms with Crippen LogP contribution in [0.25, 0.3) is 0 Å². The molecule has 2 heterocycles. The number of nitrogens with zero attached hydrogens (tertiary/aromatic N) is 3. The SMILES string of the molecule is CCN(CC)CCN1CCO[C@H]2CC[C@H]1[C@H]2OCc1ccncc1. The van der Waals surface area contributed by atoms with E-state index in [0.29, 0.717) is 12.6 Å². The van der Waals surface area contributed by atoms with Gasteiger partial charge in [0.2, 0.25) is 0 Å². The van der Waals surface area contributed by atoms with Crippen molar-refractivity contribution in [2.45, 2.75) is 51.5 Å². The van der Waals surface area contributed by atoms with Gasteiger partial charge < -0.3 is 14.4 Å². The van der Waals surface area contributed by atoms with E-state index in [9.17, 15) is 0 Å². The largest absolute Gasteiger partial charge is 0.374 e. The second-order valence-corrected chi connectivity index (χ2v) is 6.75. The molecule has 2 aliphatic rings. The number of fused-ring (bicyclic) bond motifs is 2. The van der Waals surface area contributed by atoms with Crippen LogP contribution in [0.4, 0.5) is 0 Å². The molecule has 0 aromatic carbocycles. The predicted octanol–water partition coefficient (Wildman–Crippen LogP) is 2.17. The zero-order valence-corrected chi connectivity index (χ0v) is 15.1. The van der Waals surface area contributed by atoms with Crippen LogP contribution in [0.15, 0.2) is 24.5 Å². The van der Waals surface area contributed by atoms with Gasteiger partial charge in [-0.3, -0.25) is 9.88 Å². The molecule has 3 atom stereocenters. The van der Waals surface area contributed by atoms with Crippen molar-refractivity contribution in [1.29, 1.82) is 0 Å². The Morgan fingerprint density at radius 3 is 2.79 bits per heavy atom.